The number of hydrogen-bond acceptors (Lipinski definition) is 0. The van der Waals surface area contributed by atoms with E-state index in [1.165, 1.54) is 5.69 Å². The lowest BCUT2D eigenvalue weighted by Gasteiger charge is -2.03. The van der Waals surface area contributed by atoms with Crippen LogP contribution < -0.4 is 0 Å². The van der Waals surface area contributed by atoms with Gasteiger partial charge in [0, 0.05) is 22.9 Å². The lowest BCUT2D eigenvalue weighted by Crippen LogP contribution is -1.93. The van der Waals surface area contributed by atoms with E-state index in [-0.39, 0.29) is 0 Å². The van der Waals surface area contributed by atoms with E-state index in [1.54, 1.807) is 0 Å². The zero-order valence-corrected chi connectivity index (χ0v) is 7.79. The van der Waals surface area contributed by atoms with Crippen molar-refractivity contribution in [1.29, 1.82) is 0 Å². The Morgan fingerprint density at radius 3 is 2.56 bits per heavy atom. The molecule has 1 aromatic heterocycles. The Kier molecular flexibility index (Phi) is 2.16. The van der Waals surface area contributed by atoms with E-state index in [1.807, 2.05) is 0 Å². The quantitative estimate of drug-likeness (QED) is 0.520. The summed E-state index contributed by atoms with van der Waals surface area (Å²) in [5, 5.41) is 0. The van der Waals surface area contributed by atoms with Crippen molar-refractivity contribution in [3.8, 4) is 0 Å². The van der Waals surface area contributed by atoms with Gasteiger partial charge in [-0.25, -0.2) is 0 Å². The van der Waals surface area contributed by atoms with Crippen molar-refractivity contribution >= 4 is 22.6 Å². The average molecular weight is 235 g/mol. The van der Waals surface area contributed by atoms with Crippen LogP contribution in [0.15, 0.2) is 18.3 Å². The van der Waals surface area contributed by atoms with Gasteiger partial charge in [-0.05, 0) is 19.1 Å². The lowest BCUT2D eigenvalue weighted by molar-refractivity contribution is 0.840. The van der Waals surface area contributed by atoms with Crippen LogP contribution in [0.5, 0.6) is 0 Å². The first-order valence-electron chi connectivity index (χ1n) is 2.97. The van der Waals surface area contributed by atoms with Gasteiger partial charge < -0.3 is 4.57 Å². The van der Waals surface area contributed by atoms with Crippen molar-refractivity contribution in [1.82, 2.24) is 4.57 Å². The summed E-state index contributed by atoms with van der Waals surface area (Å²) < 4.78 is 2.76. The second-order valence-corrected chi connectivity index (χ2v) is 4.03. The third-order valence-electron chi connectivity index (χ3n) is 1.39. The topological polar surface area (TPSA) is 4.93 Å². The highest BCUT2D eigenvalue weighted by Crippen LogP contribution is 2.21. The summed E-state index contributed by atoms with van der Waals surface area (Å²) in [4.78, 5) is 0. The molecule has 0 aliphatic heterocycles. The second-order valence-electron chi connectivity index (χ2n) is 2.16. The fourth-order valence-electron chi connectivity index (χ4n) is 0.888. The van der Waals surface area contributed by atoms with Gasteiger partial charge in [0.05, 0.1) is 0 Å². The van der Waals surface area contributed by atoms with Gasteiger partial charge in [-0.15, -0.1) is 0 Å². The maximum absolute atomic E-state index is 2.41. The Morgan fingerprint density at radius 2 is 2.33 bits per heavy atom. The third-order valence-corrected chi connectivity index (χ3v) is 2.03. The Labute approximate surface area is 69.2 Å². The Balaban J connectivity index is 2.94. The molecule has 1 nitrogen and oxygen atoms in total. The fourth-order valence-corrected chi connectivity index (χ4v) is 1.53. The van der Waals surface area contributed by atoms with E-state index in [0.29, 0.717) is 3.92 Å². The van der Waals surface area contributed by atoms with Crippen molar-refractivity contribution in [2.45, 2.75) is 10.8 Å². The summed E-state index contributed by atoms with van der Waals surface area (Å²) in [6.45, 7) is 2.19. The Bertz CT molecular complexity index is 191. The molecule has 0 radical (unpaired) electrons. The number of rotatable bonds is 1. The summed E-state index contributed by atoms with van der Waals surface area (Å²) in [5.74, 6) is 0. The fraction of sp³-hybridized carbons (Fsp3) is 0.429. The third kappa shape index (κ3) is 1.47. The molecular formula is C7H10IN. The van der Waals surface area contributed by atoms with Crippen LogP contribution in [0.25, 0.3) is 0 Å². The van der Waals surface area contributed by atoms with Crippen molar-refractivity contribution in [2.75, 3.05) is 0 Å². The molecule has 2 heteroatoms. The van der Waals surface area contributed by atoms with Crippen molar-refractivity contribution in [3.63, 3.8) is 0 Å². The van der Waals surface area contributed by atoms with Crippen molar-refractivity contribution in [2.24, 2.45) is 7.05 Å². The van der Waals surface area contributed by atoms with E-state index in [0.717, 1.165) is 0 Å². The summed E-state index contributed by atoms with van der Waals surface area (Å²) in [6, 6.07) is 4.22. The van der Waals surface area contributed by atoms with E-state index in [2.05, 4.69) is 59.5 Å². The minimum atomic E-state index is 0.614. The molecule has 0 bridgehead atoms. The first kappa shape index (κ1) is 7.12. The maximum Gasteiger partial charge on any atom is 0.0484 e. The number of nitrogens with zero attached hydrogens (tertiary/aromatic N) is 1. The minimum Gasteiger partial charge on any atom is -0.354 e. The molecule has 1 unspecified atom stereocenters. The molecule has 0 spiro atoms. The first-order chi connectivity index (χ1) is 4.22. The van der Waals surface area contributed by atoms with E-state index in [9.17, 15) is 0 Å². The predicted molar refractivity (Wildman–Crippen MR) is 47.8 cm³/mol. The first-order valence-corrected chi connectivity index (χ1v) is 4.21. The molecule has 9 heavy (non-hydrogen) atoms. The molecule has 0 N–H and O–H groups in total. The zero-order chi connectivity index (χ0) is 6.85. The molecule has 1 aromatic rings. The molecule has 1 heterocycles. The van der Waals surface area contributed by atoms with Crippen LogP contribution in [0, 0.1) is 0 Å². The monoisotopic (exact) mass is 235 g/mol. The van der Waals surface area contributed by atoms with Crippen LogP contribution in [0.3, 0.4) is 0 Å². The summed E-state index contributed by atoms with van der Waals surface area (Å²) in [6.07, 6.45) is 2.07. The number of aromatic nitrogens is 1. The number of aryl methyl sites for hydroxylation is 1. The number of halogens is 1. The standard InChI is InChI=1S/C7H10IN/c1-6(8)7-4-3-5-9(7)2/h3-6H,1-2H3. The highest BCUT2D eigenvalue weighted by atomic mass is 127. The molecule has 0 fully saturated rings. The summed E-state index contributed by atoms with van der Waals surface area (Å²) in [7, 11) is 2.07. The lowest BCUT2D eigenvalue weighted by atomic mass is 10.3. The number of hydrogen-bond donors (Lipinski definition) is 0. The van der Waals surface area contributed by atoms with Crippen molar-refractivity contribution in [3.05, 3.63) is 24.0 Å². The van der Waals surface area contributed by atoms with Crippen LogP contribution in [-0.2, 0) is 7.05 Å². The highest BCUT2D eigenvalue weighted by Gasteiger charge is 2.01. The van der Waals surface area contributed by atoms with E-state index in [4.69, 9.17) is 0 Å². The highest BCUT2D eigenvalue weighted by molar-refractivity contribution is 14.1. The smallest absolute Gasteiger partial charge is 0.0484 e. The zero-order valence-electron chi connectivity index (χ0n) is 5.63. The SMILES string of the molecule is CC(I)c1cccn1C. The normalized spacial score (nSPS) is 13.7. The van der Waals surface area contributed by atoms with Crippen LogP contribution in [0.4, 0.5) is 0 Å². The Hall–Kier alpha value is 0.01000. The molecule has 0 aliphatic carbocycles. The van der Waals surface area contributed by atoms with Crippen molar-refractivity contribution < 1.29 is 0 Å². The predicted octanol–water partition coefficient (Wildman–Crippen LogP) is 2.52. The van der Waals surface area contributed by atoms with Gasteiger partial charge in [0.25, 0.3) is 0 Å². The minimum absolute atomic E-state index is 0.614. The van der Waals surface area contributed by atoms with Crippen LogP contribution >= 0.6 is 22.6 Å². The van der Waals surface area contributed by atoms with E-state index >= 15 is 0 Å². The molecule has 0 saturated carbocycles. The van der Waals surface area contributed by atoms with Crippen LogP contribution in [0.1, 0.15) is 16.5 Å². The Morgan fingerprint density at radius 1 is 1.67 bits per heavy atom. The van der Waals surface area contributed by atoms with Crippen LogP contribution in [-0.4, -0.2) is 4.57 Å². The van der Waals surface area contributed by atoms with Gasteiger partial charge in [-0.1, -0.05) is 22.6 Å². The maximum atomic E-state index is 2.41. The molecular weight excluding hydrogens is 225 g/mol. The number of alkyl halides is 1. The molecule has 0 aromatic carbocycles. The summed E-state index contributed by atoms with van der Waals surface area (Å²) >= 11 is 2.41. The van der Waals surface area contributed by atoms with Gasteiger partial charge in [0.15, 0.2) is 0 Å². The largest absolute Gasteiger partial charge is 0.354 e. The molecule has 1 rings (SSSR count). The molecule has 0 amide bonds. The average Bonchev–Trinajstić information content (AvgIpc) is 2.13. The molecule has 0 saturated heterocycles. The van der Waals surface area contributed by atoms with Gasteiger partial charge in [0.2, 0.25) is 0 Å². The van der Waals surface area contributed by atoms with Gasteiger partial charge in [-0.2, -0.15) is 0 Å². The van der Waals surface area contributed by atoms with Crippen LogP contribution in [0.2, 0.25) is 0 Å². The molecule has 50 valence electrons. The second kappa shape index (κ2) is 2.73. The van der Waals surface area contributed by atoms with Gasteiger partial charge >= 0.3 is 0 Å². The van der Waals surface area contributed by atoms with Gasteiger partial charge in [0.1, 0.15) is 0 Å². The molecule has 0 aliphatic rings. The summed E-state index contributed by atoms with van der Waals surface area (Å²) in [5.41, 5.74) is 1.38. The van der Waals surface area contributed by atoms with Gasteiger partial charge in [-0.3, -0.25) is 0 Å². The molecule has 1 atom stereocenters. The van der Waals surface area contributed by atoms with E-state index < -0.39 is 0 Å².